The van der Waals surface area contributed by atoms with Gasteiger partial charge in [0.1, 0.15) is 18.3 Å². The molecular weight excluding hydrogens is 424 g/mol. The first kappa shape index (κ1) is 25.5. The monoisotopic (exact) mass is 452 g/mol. The van der Waals surface area contributed by atoms with Crippen LogP contribution in [-0.2, 0) is 10.5 Å². The van der Waals surface area contributed by atoms with E-state index in [4.69, 9.17) is 16.3 Å². The molecule has 0 amide bonds. The molecule has 0 aliphatic heterocycles. The minimum Gasteiger partial charge on any atom is -0.394 e. The molecule has 0 heterocycles. The molecule has 6 N–H and O–H groups in total. The van der Waals surface area contributed by atoms with E-state index in [9.17, 15) is 30.6 Å². The number of halogens is 1. The van der Waals surface area contributed by atoms with Crippen molar-refractivity contribution in [2.75, 3.05) is 13.2 Å². The molecule has 0 fully saturated rings. The van der Waals surface area contributed by atoms with Crippen LogP contribution in [0.1, 0.15) is 42.2 Å². The van der Waals surface area contributed by atoms with Gasteiger partial charge < -0.3 is 35.4 Å². The lowest BCUT2D eigenvalue weighted by atomic mass is 9.93. The summed E-state index contributed by atoms with van der Waals surface area (Å²) in [5.74, 6) is -2.45. The number of aliphatic hydroxyl groups excluding tert-OH is 4. The van der Waals surface area contributed by atoms with Crippen LogP contribution < -0.4 is 0 Å². The van der Waals surface area contributed by atoms with E-state index in [1.165, 1.54) is 25.1 Å². The van der Waals surface area contributed by atoms with Gasteiger partial charge in [-0.15, -0.1) is 0 Å². The summed E-state index contributed by atoms with van der Waals surface area (Å²) in [6.45, 7) is 2.12. The third kappa shape index (κ3) is 6.12. The molecule has 0 spiro atoms. The van der Waals surface area contributed by atoms with Gasteiger partial charge in [0, 0.05) is 16.1 Å². The van der Waals surface area contributed by atoms with E-state index in [1.54, 1.807) is 24.3 Å². The Balaban J connectivity index is 2.47. The maximum absolute atomic E-state index is 10.9. The maximum Gasteiger partial charge on any atom is 0.218 e. The first-order chi connectivity index (χ1) is 14.6. The second-order valence-corrected chi connectivity index (χ2v) is 7.71. The Morgan fingerprint density at radius 1 is 1.03 bits per heavy atom. The SMILES string of the molecule is CC=Cc1ccc(C(O)(O)c2cc(C(OC(CO)C(C)O)C(O)CO)ccc2Cl)cc1. The predicted octanol–water partition coefficient (Wildman–Crippen LogP) is 1.71. The Kier molecular flexibility index (Phi) is 9.17. The number of hydrogen-bond donors (Lipinski definition) is 6. The largest absolute Gasteiger partial charge is 0.394 e. The van der Waals surface area contributed by atoms with Gasteiger partial charge in [-0.3, -0.25) is 0 Å². The third-order valence-electron chi connectivity index (χ3n) is 4.94. The molecule has 0 aliphatic rings. The van der Waals surface area contributed by atoms with E-state index < -0.39 is 43.4 Å². The quantitative estimate of drug-likeness (QED) is 0.302. The molecular formula is C23H29ClO7. The van der Waals surface area contributed by atoms with Crippen LogP contribution in [0.4, 0.5) is 0 Å². The lowest BCUT2D eigenvalue weighted by Crippen LogP contribution is -2.36. The van der Waals surface area contributed by atoms with Crippen LogP contribution in [0.15, 0.2) is 48.5 Å². The number of aliphatic hydroxyl groups is 6. The number of benzene rings is 2. The molecule has 0 bridgehead atoms. The summed E-state index contributed by atoms with van der Waals surface area (Å²) in [6, 6.07) is 10.8. The Hall–Kier alpha value is -1.81. The first-order valence-corrected chi connectivity index (χ1v) is 10.2. The summed E-state index contributed by atoms with van der Waals surface area (Å²) in [5.41, 5.74) is 1.28. The summed E-state index contributed by atoms with van der Waals surface area (Å²) >= 11 is 6.25. The number of hydrogen-bond acceptors (Lipinski definition) is 7. The molecule has 4 atom stereocenters. The topological polar surface area (TPSA) is 131 Å². The highest BCUT2D eigenvalue weighted by Gasteiger charge is 2.34. The molecule has 0 saturated carbocycles. The van der Waals surface area contributed by atoms with Gasteiger partial charge >= 0.3 is 0 Å². The fraction of sp³-hybridized carbons (Fsp3) is 0.391. The van der Waals surface area contributed by atoms with Crippen LogP contribution in [-0.4, -0.2) is 62.2 Å². The second kappa shape index (κ2) is 11.2. The first-order valence-electron chi connectivity index (χ1n) is 9.86. The molecule has 0 radical (unpaired) electrons. The number of rotatable bonds is 10. The van der Waals surface area contributed by atoms with Crippen LogP contribution in [0.25, 0.3) is 6.08 Å². The summed E-state index contributed by atoms with van der Waals surface area (Å²) in [5, 5.41) is 60.8. The van der Waals surface area contributed by atoms with E-state index in [2.05, 4.69) is 0 Å². The maximum atomic E-state index is 10.9. The smallest absolute Gasteiger partial charge is 0.218 e. The third-order valence-corrected chi connectivity index (χ3v) is 5.27. The van der Waals surface area contributed by atoms with Crippen molar-refractivity contribution >= 4 is 17.7 Å². The normalized spacial score (nSPS) is 16.3. The molecule has 170 valence electrons. The minimum absolute atomic E-state index is 0.0539. The fourth-order valence-corrected chi connectivity index (χ4v) is 3.40. The Bertz CT molecular complexity index is 865. The molecule has 2 aromatic rings. The van der Waals surface area contributed by atoms with Crippen LogP contribution in [0.3, 0.4) is 0 Å². The van der Waals surface area contributed by atoms with E-state index in [0.717, 1.165) is 5.56 Å². The van der Waals surface area contributed by atoms with Crippen molar-refractivity contribution in [2.24, 2.45) is 0 Å². The zero-order valence-corrected chi connectivity index (χ0v) is 18.1. The van der Waals surface area contributed by atoms with E-state index in [-0.39, 0.29) is 21.7 Å². The zero-order valence-electron chi connectivity index (χ0n) is 17.4. The standard InChI is InChI=1S/C23H29ClO7/c1-3-4-15-5-8-17(9-6-15)23(29,30)18-11-16(7-10-19(18)24)22(20(28)12-25)31-21(13-26)14(2)27/h3-11,14,20-22,25-30H,12-13H2,1-2H3. The fourth-order valence-electron chi connectivity index (χ4n) is 3.15. The van der Waals surface area contributed by atoms with Gasteiger partial charge in [0.25, 0.3) is 0 Å². The summed E-state index contributed by atoms with van der Waals surface area (Å²) in [4.78, 5) is 0. The summed E-state index contributed by atoms with van der Waals surface area (Å²) < 4.78 is 5.63. The lowest BCUT2D eigenvalue weighted by Gasteiger charge is -2.30. The lowest BCUT2D eigenvalue weighted by molar-refractivity contribution is -0.139. The summed E-state index contributed by atoms with van der Waals surface area (Å²) in [6.07, 6.45) is -0.909. The Labute approximate surface area is 186 Å². The number of ether oxygens (including phenoxy) is 1. The van der Waals surface area contributed by atoms with Gasteiger partial charge in [-0.2, -0.15) is 0 Å². The van der Waals surface area contributed by atoms with Crippen molar-refractivity contribution in [2.45, 2.75) is 44.1 Å². The van der Waals surface area contributed by atoms with Gasteiger partial charge in [0.05, 0.1) is 19.3 Å². The van der Waals surface area contributed by atoms with Crippen molar-refractivity contribution in [3.63, 3.8) is 0 Å². The zero-order chi connectivity index (χ0) is 23.2. The van der Waals surface area contributed by atoms with E-state index in [1.807, 2.05) is 19.1 Å². The molecule has 0 aromatic heterocycles. The van der Waals surface area contributed by atoms with Crippen molar-refractivity contribution < 1.29 is 35.4 Å². The highest BCUT2D eigenvalue weighted by Crippen LogP contribution is 2.36. The number of allylic oxidation sites excluding steroid dienone is 1. The molecule has 2 aromatic carbocycles. The van der Waals surface area contributed by atoms with Gasteiger partial charge in [-0.05, 0) is 37.1 Å². The highest BCUT2D eigenvalue weighted by molar-refractivity contribution is 6.31. The van der Waals surface area contributed by atoms with Gasteiger partial charge in [0.2, 0.25) is 5.79 Å². The van der Waals surface area contributed by atoms with Crippen LogP contribution in [0.2, 0.25) is 5.02 Å². The van der Waals surface area contributed by atoms with Crippen molar-refractivity contribution in [1.82, 2.24) is 0 Å². The van der Waals surface area contributed by atoms with Crippen LogP contribution in [0.5, 0.6) is 0 Å². The van der Waals surface area contributed by atoms with Crippen molar-refractivity contribution in [3.8, 4) is 0 Å². The van der Waals surface area contributed by atoms with Crippen LogP contribution >= 0.6 is 11.6 Å². The molecule has 8 heteroatoms. The molecule has 0 saturated heterocycles. The Morgan fingerprint density at radius 3 is 2.19 bits per heavy atom. The predicted molar refractivity (Wildman–Crippen MR) is 117 cm³/mol. The van der Waals surface area contributed by atoms with E-state index in [0.29, 0.717) is 0 Å². The van der Waals surface area contributed by atoms with E-state index >= 15 is 0 Å². The Morgan fingerprint density at radius 2 is 1.68 bits per heavy atom. The molecule has 2 rings (SSSR count). The van der Waals surface area contributed by atoms with Gasteiger partial charge in [0.15, 0.2) is 0 Å². The minimum atomic E-state index is -2.45. The molecule has 7 nitrogen and oxygen atoms in total. The van der Waals surface area contributed by atoms with Crippen molar-refractivity contribution in [3.05, 3.63) is 75.8 Å². The second-order valence-electron chi connectivity index (χ2n) is 7.30. The van der Waals surface area contributed by atoms with Gasteiger partial charge in [-0.1, -0.05) is 54.1 Å². The molecule has 31 heavy (non-hydrogen) atoms. The van der Waals surface area contributed by atoms with Crippen molar-refractivity contribution in [1.29, 1.82) is 0 Å². The van der Waals surface area contributed by atoms with Crippen LogP contribution in [0, 0.1) is 0 Å². The van der Waals surface area contributed by atoms with Gasteiger partial charge in [-0.25, -0.2) is 0 Å². The molecule has 4 unspecified atom stereocenters. The average molecular weight is 453 g/mol. The summed E-state index contributed by atoms with van der Waals surface area (Å²) in [7, 11) is 0. The molecule has 0 aliphatic carbocycles. The highest BCUT2D eigenvalue weighted by atomic mass is 35.5. The average Bonchev–Trinajstić information content (AvgIpc) is 2.75.